The van der Waals surface area contributed by atoms with Crippen molar-refractivity contribution in [2.45, 2.75) is 20.3 Å². The van der Waals surface area contributed by atoms with Gasteiger partial charge in [0.2, 0.25) is 0 Å². The van der Waals surface area contributed by atoms with Gasteiger partial charge in [0, 0.05) is 28.0 Å². The van der Waals surface area contributed by atoms with E-state index < -0.39 is 5.63 Å². The van der Waals surface area contributed by atoms with Gasteiger partial charge in [-0.1, -0.05) is 43.3 Å². The highest BCUT2D eigenvalue weighted by atomic mass is 16.4. The minimum Gasteiger partial charge on any atom is -0.454 e. The van der Waals surface area contributed by atoms with Gasteiger partial charge in [-0.15, -0.1) is 0 Å². The van der Waals surface area contributed by atoms with Crippen LogP contribution >= 0.6 is 0 Å². The molecular weight excluding hydrogens is 402 g/mol. The molecule has 5 heteroatoms. The van der Waals surface area contributed by atoms with Crippen LogP contribution in [0.15, 0.2) is 86.4 Å². The van der Waals surface area contributed by atoms with Gasteiger partial charge in [-0.2, -0.15) is 0 Å². The van der Waals surface area contributed by atoms with Gasteiger partial charge >= 0.3 is 5.63 Å². The van der Waals surface area contributed by atoms with E-state index in [9.17, 15) is 9.59 Å². The van der Waals surface area contributed by atoms with E-state index >= 15 is 0 Å². The van der Waals surface area contributed by atoms with E-state index in [2.05, 4.69) is 12.2 Å². The van der Waals surface area contributed by atoms with Gasteiger partial charge in [0.25, 0.3) is 5.91 Å². The number of benzene rings is 3. The molecule has 3 aromatic carbocycles. The van der Waals surface area contributed by atoms with Crippen LogP contribution in [-0.4, -0.2) is 5.91 Å². The molecule has 0 atom stereocenters. The normalized spacial score (nSPS) is 11.2. The first kappa shape index (κ1) is 19.8. The number of aryl methyl sites for hydroxylation is 2. The van der Waals surface area contributed by atoms with Crippen molar-refractivity contribution in [3.05, 3.63) is 99.9 Å². The lowest BCUT2D eigenvalue weighted by Crippen LogP contribution is -2.13. The number of hydrogen-bond donors (Lipinski definition) is 1. The van der Waals surface area contributed by atoms with E-state index in [1.165, 1.54) is 6.07 Å². The van der Waals surface area contributed by atoms with Crippen LogP contribution in [0.25, 0.3) is 33.3 Å². The Kier molecular flexibility index (Phi) is 4.86. The monoisotopic (exact) mass is 423 g/mol. The van der Waals surface area contributed by atoms with Crippen LogP contribution < -0.4 is 10.9 Å². The summed E-state index contributed by atoms with van der Waals surface area (Å²) in [5, 5.41) is 4.56. The van der Waals surface area contributed by atoms with E-state index in [-0.39, 0.29) is 5.91 Å². The molecule has 0 fully saturated rings. The molecule has 5 aromatic rings. The highest BCUT2D eigenvalue weighted by molar-refractivity contribution is 6.13. The Morgan fingerprint density at radius 1 is 0.875 bits per heavy atom. The van der Waals surface area contributed by atoms with Crippen LogP contribution in [0.2, 0.25) is 0 Å². The average Bonchev–Trinajstić information content (AvgIpc) is 3.16. The minimum atomic E-state index is -0.478. The van der Waals surface area contributed by atoms with Crippen LogP contribution in [0, 0.1) is 6.92 Å². The summed E-state index contributed by atoms with van der Waals surface area (Å²) < 4.78 is 11.6. The molecule has 0 spiro atoms. The number of rotatable bonds is 4. The fourth-order valence-corrected chi connectivity index (χ4v) is 3.99. The molecule has 2 heterocycles. The quantitative estimate of drug-likeness (QED) is 0.343. The number of nitrogens with one attached hydrogen (secondary N) is 1. The summed E-state index contributed by atoms with van der Waals surface area (Å²) in [5.41, 5.74) is 4.29. The van der Waals surface area contributed by atoms with E-state index in [1.807, 2.05) is 61.5 Å². The van der Waals surface area contributed by atoms with E-state index in [4.69, 9.17) is 8.83 Å². The van der Waals surface area contributed by atoms with Gasteiger partial charge in [-0.3, -0.25) is 4.79 Å². The van der Waals surface area contributed by atoms with Gasteiger partial charge in [-0.25, -0.2) is 4.79 Å². The minimum absolute atomic E-state index is 0.238. The lowest BCUT2D eigenvalue weighted by molar-refractivity contribution is 0.102. The van der Waals surface area contributed by atoms with Crippen LogP contribution in [0.4, 0.5) is 5.69 Å². The molecule has 0 aliphatic heterocycles. The average molecular weight is 423 g/mol. The number of anilines is 1. The topological polar surface area (TPSA) is 72.5 Å². The fraction of sp³-hybridized carbons (Fsp3) is 0.111. The first-order chi connectivity index (χ1) is 15.5. The SMILES string of the molecule is CCc1ccc2oc(=O)cc(-c3oc4ccccc4c3NC(=O)c3ccccc3C)c2c1. The zero-order valence-electron chi connectivity index (χ0n) is 17.8. The Hall–Kier alpha value is -4.12. The van der Waals surface area contributed by atoms with E-state index in [0.717, 1.165) is 28.3 Å². The maximum Gasteiger partial charge on any atom is 0.336 e. The number of carbonyl (C=O) groups excluding carboxylic acids is 1. The van der Waals surface area contributed by atoms with Gasteiger partial charge in [0.1, 0.15) is 11.2 Å². The lowest BCUT2D eigenvalue weighted by Gasteiger charge is -2.10. The molecule has 32 heavy (non-hydrogen) atoms. The molecular formula is C27H21NO4. The zero-order chi connectivity index (χ0) is 22.2. The summed E-state index contributed by atoms with van der Waals surface area (Å²) in [7, 11) is 0. The maximum absolute atomic E-state index is 13.2. The number of hydrogen-bond acceptors (Lipinski definition) is 4. The summed E-state index contributed by atoms with van der Waals surface area (Å²) in [6.07, 6.45) is 0.839. The number of para-hydroxylation sites is 1. The first-order valence-electron chi connectivity index (χ1n) is 10.5. The predicted molar refractivity (Wildman–Crippen MR) is 126 cm³/mol. The van der Waals surface area contributed by atoms with Crippen molar-refractivity contribution in [1.82, 2.24) is 0 Å². The molecule has 1 N–H and O–H groups in total. The van der Waals surface area contributed by atoms with Crippen molar-refractivity contribution in [2.24, 2.45) is 0 Å². The largest absolute Gasteiger partial charge is 0.454 e. The van der Waals surface area contributed by atoms with Crippen molar-refractivity contribution in [3.63, 3.8) is 0 Å². The lowest BCUT2D eigenvalue weighted by atomic mass is 10.0. The second kappa shape index (κ2) is 7.85. The maximum atomic E-state index is 13.2. The van der Waals surface area contributed by atoms with Crippen molar-refractivity contribution < 1.29 is 13.6 Å². The molecule has 0 aliphatic carbocycles. The molecule has 0 bridgehead atoms. The summed E-state index contributed by atoms with van der Waals surface area (Å²) in [4.78, 5) is 25.5. The molecule has 1 amide bonds. The highest BCUT2D eigenvalue weighted by Crippen LogP contribution is 2.40. The van der Waals surface area contributed by atoms with Crippen LogP contribution in [0.5, 0.6) is 0 Å². The second-order valence-electron chi connectivity index (χ2n) is 7.73. The molecule has 0 aliphatic rings. The predicted octanol–water partition coefficient (Wildman–Crippen LogP) is 6.33. The van der Waals surface area contributed by atoms with Gasteiger partial charge in [-0.05, 0) is 54.8 Å². The van der Waals surface area contributed by atoms with Crippen molar-refractivity contribution in [3.8, 4) is 11.3 Å². The molecule has 0 unspecified atom stereocenters. The number of furan rings is 1. The number of carbonyl (C=O) groups is 1. The van der Waals surface area contributed by atoms with Crippen molar-refractivity contribution >= 4 is 33.5 Å². The molecule has 0 saturated carbocycles. The molecule has 5 rings (SSSR count). The summed E-state index contributed by atoms with van der Waals surface area (Å²) >= 11 is 0. The standard InChI is InChI=1S/C27H21NO4/c1-3-17-12-13-23-20(14-17)21(15-24(29)31-23)26-25(19-10-6-7-11-22(19)32-26)28-27(30)18-9-5-4-8-16(18)2/h4-15H,3H2,1-2H3,(H,28,30). The van der Waals surface area contributed by atoms with E-state index in [1.54, 1.807) is 12.1 Å². The zero-order valence-corrected chi connectivity index (χ0v) is 17.8. The van der Waals surface area contributed by atoms with Gasteiger partial charge in [0.05, 0.1) is 5.69 Å². The van der Waals surface area contributed by atoms with Crippen LogP contribution in [0.3, 0.4) is 0 Å². The second-order valence-corrected chi connectivity index (χ2v) is 7.73. The highest BCUT2D eigenvalue weighted by Gasteiger charge is 2.22. The third-order valence-corrected chi connectivity index (χ3v) is 5.68. The smallest absolute Gasteiger partial charge is 0.336 e. The summed E-state index contributed by atoms with van der Waals surface area (Å²) in [6.45, 7) is 3.96. The number of fused-ring (bicyclic) bond motifs is 2. The Balaban J connectivity index is 1.75. The van der Waals surface area contributed by atoms with Crippen LogP contribution in [-0.2, 0) is 6.42 Å². The summed E-state index contributed by atoms with van der Waals surface area (Å²) in [6, 6.07) is 22.0. The third-order valence-electron chi connectivity index (χ3n) is 5.68. The third kappa shape index (κ3) is 3.38. The van der Waals surface area contributed by atoms with Crippen molar-refractivity contribution in [2.75, 3.05) is 5.32 Å². The molecule has 0 radical (unpaired) electrons. The molecule has 2 aromatic heterocycles. The Morgan fingerprint density at radius 3 is 2.44 bits per heavy atom. The fourth-order valence-electron chi connectivity index (χ4n) is 3.99. The molecule has 0 saturated heterocycles. The Morgan fingerprint density at radius 2 is 1.62 bits per heavy atom. The van der Waals surface area contributed by atoms with Gasteiger partial charge < -0.3 is 14.2 Å². The van der Waals surface area contributed by atoms with Crippen molar-refractivity contribution in [1.29, 1.82) is 0 Å². The first-order valence-corrected chi connectivity index (χ1v) is 10.5. The van der Waals surface area contributed by atoms with Gasteiger partial charge in [0.15, 0.2) is 5.76 Å². The molecule has 5 nitrogen and oxygen atoms in total. The Labute approximate surface area is 184 Å². The van der Waals surface area contributed by atoms with Crippen LogP contribution in [0.1, 0.15) is 28.4 Å². The van der Waals surface area contributed by atoms with E-state index in [0.29, 0.717) is 33.7 Å². The molecule has 158 valence electrons. The Bertz CT molecular complexity index is 1540. The summed E-state index contributed by atoms with van der Waals surface area (Å²) in [5.74, 6) is 0.191. The number of amides is 1.